The van der Waals surface area contributed by atoms with Gasteiger partial charge in [0.25, 0.3) is 11.8 Å². The minimum atomic E-state index is -1.22. The van der Waals surface area contributed by atoms with Gasteiger partial charge < -0.3 is 31.3 Å². The average molecular weight is 900 g/mol. The zero-order valence-electron chi connectivity index (χ0n) is 29.7. The van der Waals surface area contributed by atoms with E-state index in [4.69, 9.17) is 91.1 Å². The molecular weight excluding hydrogens is 867 g/mol. The first kappa shape index (κ1) is 48.3. The maximum atomic E-state index is 12.5. The first-order valence-corrected chi connectivity index (χ1v) is 18.3. The third-order valence-corrected chi connectivity index (χ3v) is 9.64. The monoisotopic (exact) mass is 897 g/mol. The molecule has 0 saturated heterocycles. The molecule has 0 aromatic heterocycles. The Bertz CT molecular complexity index is 2140. The number of nitriles is 2. The Balaban J connectivity index is 0.000000329. The number of benzene rings is 4. The number of aliphatic carboxylic acids is 1. The number of hydrogen-bond donors (Lipinski definition) is 8. The van der Waals surface area contributed by atoms with Gasteiger partial charge in [-0.3, -0.25) is 19.8 Å². The molecule has 14 nitrogen and oxygen atoms in total. The summed E-state index contributed by atoms with van der Waals surface area (Å²) in [4.78, 5) is 46.4. The average Bonchev–Trinajstić information content (AvgIpc) is 3.18. The number of carbonyl (C=O) groups is 4. The van der Waals surface area contributed by atoms with E-state index in [-0.39, 0.29) is 55.0 Å². The molecule has 9 N–H and O–H groups in total. The first-order valence-electron chi connectivity index (χ1n) is 16.1. The van der Waals surface area contributed by atoms with Gasteiger partial charge in [-0.05, 0) is 86.6 Å². The molecule has 0 aliphatic rings. The fourth-order valence-electron chi connectivity index (χ4n) is 4.35. The molecule has 57 heavy (non-hydrogen) atoms. The predicted octanol–water partition coefficient (Wildman–Crippen LogP) is 6.73. The zero-order valence-corrected chi connectivity index (χ0v) is 34.2. The van der Waals surface area contributed by atoms with E-state index in [1.165, 1.54) is 50.2 Å². The lowest BCUT2D eigenvalue weighted by Crippen LogP contribution is -2.44. The number of rotatable bonds is 12. The third-order valence-electron chi connectivity index (χ3n) is 7.37. The highest BCUT2D eigenvalue weighted by molar-refractivity contribution is 6.45. The van der Waals surface area contributed by atoms with Crippen molar-refractivity contribution in [3.8, 4) is 12.1 Å². The number of aliphatic hydroxyl groups excluding tert-OH is 2. The van der Waals surface area contributed by atoms with Crippen molar-refractivity contribution in [2.24, 2.45) is 5.84 Å². The van der Waals surface area contributed by atoms with Crippen LogP contribution in [0.4, 0.5) is 11.4 Å². The van der Waals surface area contributed by atoms with E-state index in [1.54, 1.807) is 36.4 Å². The lowest BCUT2D eigenvalue weighted by Gasteiger charge is -2.22. The Kier molecular flexibility index (Phi) is 19.8. The maximum absolute atomic E-state index is 12.5. The topological polar surface area (TPSA) is 251 Å². The van der Waals surface area contributed by atoms with Gasteiger partial charge in [0.1, 0.15) is 18.2 Å². The van der Waals surface area contributed by atoms with E-state index >= 15 is 0 Å². The van der Waals surface area contributed by atoms with Crippen LogP contribution < -0.4 is 27.2 Å². The number of amides is 2. The number of halogens is 6. The van der Waals surface area contributed by atoms with Crippen molar-refractivity contribution in [1.29, 1.82) is 10.5 Å². The van der Waals surface area contributed by atoms with Crippen LogP contribution in [0.1, 0.15) is 45.7 Å². The Morgan fingerprint density at radius 1 is 0.632 bits per heavy atom. The van der Waals surface area contributed by atoms with Crippen molar-refractivity contribution in [2.75, 3.05) is 17.2 Å². The number of nitrogens with one attached hydrogen (secondary N) is 4. The molecule has 4 aromatic carbocycles. The number of hydrazine groups is 1. The fraction of sp³-hybridized carbons (Fsp3) is 0.189. The molecule has 4 rings (SSSR count). The number of carboxylic acids is 1. The molecule has 0 fully saturated rings. The number of ketones is 1. The van der Waals surface area contributed by atoms with Crippen LogP contribution in [-0.2, 0) is 9.59 Å². The number of carbonyl (C=O) groups excluding carboxylic acids is 3. The molecule has 0 radical (unpaired) electrons. The van der Waals surface area contributed by atoms with Crippen molar-refractivity contribution < 1.29 is 34.5 Å². The third kappa shape index (κ3) is 14.6. The van der Waals surface area contributed by atoms with E-state index in [0.717, 1.165) is 0 Å². The summed E-state index contributed by atoms with van der Waals surface area (Å²) >= 11 is 35.3. The minimum Gasteiger partial charge on any atom is -0.480 e. The van der Waals surface area contributed by atoms with Crippen LogP contribution in [0, 0.1) is 22.7 Å². The zero-order chi connectivity index (χ0) is 43.0. The van der Waals surface area contributed by atoms with E-state index in [9.17, 15) is 29.4 Å². The number of nitrogens with zero attached hydrogens (tertiary/aromatic N) is 2. The summed E-state index contributed by atoms with van der Waals surface area (Å²) in [6.45, 7) is 2.45. The first-order chi connectivity index (χ1) is 26.9. The van der Waals surface area contributed by atoms with Gasteiger partial charge in [-0.2, -0.15) is 10.5 Å². The molecule has 4 atom stereocenters. The van der Waals surface area contributed by atoms with Crippen LogP contribution in [0.3, 0.4) is 0 Å². The number of carboxylic acid groups (broad SMARTS) is 1. The SMILES string of the molecule is C[C@H](O)[C@@H](Nc1ccc(C#N)c(Cl)c1Cl)C(=O)CNC(=O)c1ccc(Cl)cc1.C[C@H](O)[C@@H](Nc1ccc(C#N)c(Cl)c1Cl)C(=O)O.NNC(=O)c1ccc(Cl)cc1. The number of anilines is 2. The second-order valence-corrected chi connectivity index (χ2v) is 13.9. The number of Topliss-reactive ketones (excluding diaryl/α,β-unsaturated/α-hetero) is 1. The van der Waals surface area contributed by atoms with Gasteiger partial charge in [0.15, 0.2) is 11.8 Å². The largest absolute Gasteiger partial charge is 0.480 e. The smallest absolute Gasteiger partial charge is 0.328 e. The highest BCUT2D eigenvalue weighted by atomic mass is 35.5. The molecule has 0 aliphatic carbocycles. The van der Waals surface area contributed by atoms with Crippen LogP contribution in [0.5, 0.6) is 0 Å². The van der Waals surface area contributed by atoms with Gasteiger partial charge in [-0.15, -0.1) is 0 Å². The standard InChI is InChI=1S/C19H16Cl3N3O3.C11H10Cl2N2O3.C7H7ClN2O/c1-10(26)18(25-14-7-4-12(8-23)16(21)17(14)22)15(27)9-24-19(28)11-2-5-13(20)6-3-11;1-5(16)10(11(17)18)15-7-3-2-6(4-14)8(12)9(7)13;8-6-3-1-5(2-4-6)7(11)10-9/h2-7,10,18,25-26H,9H2,1H3,(H,24,28);2-3,5,10,15-16H,1H3,(H,17,18);1-4H,9H2,(H,10,11)/t10-,18+;5-,10+;/m00./s1. The van der Waals surface area contributed by atoms with Crippen LogP contribution in [0.25, 0.3) is 0 Å². The van der Waals surface area contributed by atoms with Gasteiger partial charge in [-0.25, -0.2) is 10.6 Å². The molecule has 300 valence electrons. The van der Waals surface area contributed by atoms with Gasteiger partial charge in [0, 0.05) is 21.2 Å². The summed E-state index contributed by atoms with van der Waals surface area (Å²) in [6.07, 6.45) is -2.20. The van der Waals surface area contributed by atoms with Crippen molar-refractivity contribution >= 4 is 105 Å². The summed E-state index contributed by atoms with van der Waals surface area (Å²) in [5.74, 6) is 2.46. The summed E-state index contributed by atoms with van der Waals surface area (Å²) in [5.41, 5.74) is 3.77. The fourth-order valence-corrected chi connectivity index (χ4v) is 5.46. The van der Waals surface area contributed by atoms with Gasteiger partial charge in [0.05, 0.1) is 61.3 Å². The molecule has 2 amide bonds. The normalized spacial score (nSPS) is 12.2. The van der Waals surface area contributed by atoms with E-state index in [1.807, 2.05) is 17.6 Å². The van der Waals surface area contributed by atoms with Crippen molar-refractivity contribution in [3.63, 3.8) is 0 Å². The number of hydrogen-bond acceptors (Lipinski definition) is 11. The van der Waals surface area contributed by atoms with Gasteiger partial charge >= 0.3 is 5.97 Å². The van der Waals surface area contributed by atoms with E-state index in [2.05, 4.69) is 16.0 Å². The highest BCUT2D eigenvalue weighted by Gasteiger charge is 2.26. The summed E-state index contributed by atoms with van der Waals surface area (Å²) < 4.78 is 0. The highest BCUT2D eigenvalue weighted by Crippen LogP contribution is 2.34. The predicted molar refractivity (Wildman–Crippen MR) is 220 cm³/mol. The molecule has 4 aromatic rings. The molecule has 20 heteroatoms. The maximum Gasteiger partial charge on any atom is 0.328 e. The van der Waals surface area contributed by atoms with Gasteiger partial charge in [0.2, 0.25) is 0 Å². The van der Waals surface area contributed by atoms with E-state index in [0.29, 0.717) is 21.2 Å². The molecule has 0 unspecified atom stereocenters. The summed E-state index contributed by atoms with van der Waals surface area (Å²) in [6, 6.07) is 19.9. The lowest BCUT2D eigenvalue weighted by atomic mass is 10.1. The second kappa shape index (κ2) is 23.4. The van der Waals surface area contributed by atoms with Crippen molar-refractivity contribution in [1.82, 2.24) is 10.7 Å². The molecule has 0 heterocycles. The minimum absolute atomic E-state index is 0.0406. The Hall–Kier alpha value is -4.84. The number of aliphatic hydroxyl groups is 2. The van der Waals surface area contributed by atoms with Gasteiger partial charge in [-0.1, -0.05) is 69.6 Å². The number of nitrogens with two attached hydrogens (primary N) is 1. The van der Waals surface area contributed by atoms with E-state index < -0.39 is 42.0 Å². The van der Waals surface area contributed by atoms with Crippen LogP contribution in [-0.4, -0.2) is 69.7 Å². The van der Waals surface area contributed by atoms with Crippen molar-refractivity contribution in [2.45, 2.75) is 38.1 Å². The molecule has 0 aliphatic heterocycles. The Morgan fingerprint density at radius 2 is 1.02 bits per heavy atom. The van der Waals surface area contributed by atoms with Crippen molar-refractivity contribution in [3.05, 3.63) is 125 Å². The molecule has 0 saturated carbocycles. The molecular formula is C37H33Cl6N7O7. The Labute approximate surface area is 357 Å². The van der Waals surface area contributed by atoms with Crippen LogP contribution in [0.15, 0.2) is 72.8 Å². The lowest BCUT2D eigenvalue weighted by molar-refractivity contribution is -0.140. The summed E-state index contributed by atoms with van der Waals surface area (Å²) in [5, 5.41) is 55.1. The quantitative estimate of drug-likeness (QED) is 0.0419. The second-order valence-electron chi connectivity index (χ2n) is 11.5. The van der Waals surface area contributed by atoms with Crippen LogP contribution in [0.2, 0.25) is 30.1 Å². The molecule has 0 spiro atoms. The Morgan fingerprint density at radius 3 is 1.37 bits per heavy atom. The van der Waals surface area contributed by atoms with Crippen LogP contribution >= 0.6 is 69.6 Å². The summed E-state index contributed by atoms with van der Waals surface area (Å²) in [7, 11) is 0. The molecule has 0 bridgehead atoms. The number of nitrogen functional groups attached to an aromatic ring is 1.